The summed E-state index contributed by atoms with van der Waals surface area (Å²) in [6.07, 6.45) is 6.01. The van der Waals surface area contributed by atoms with E-state index in [9.17, 15) is 0 Å². The number of ether oxygens (including phenoxy) is 1. The van der Waals surface area contributed by atoms with E-state index in [2.05, 4.69) is 43.8 Å². The van der Waals surface area contributed by atoms with Crippen molar-refractivity contribution >= 4 is 11.8 Å². The maximum absolute atomic E-state index is 5.97. The van der Waals surface area contributed by atoms with Crippen LogP contribution in [-0.4, -0.2) is 50.0 Å². The first-order chi connectivity index (χ1) is 12.2. The fourth-order valence-corrected chi connectivity index (χ4v) is 3.62. The van der Waals surface area contributed by atoms with Crippen molar-refractivity contribution in [1.82, 2.24) is 24.7 Å². The lowest BCUT2D eigenvalue weighted by Crippen LogP contribution is -2.43. The molecule has 0 radical (unpaired) electrons. The maximum atomic E-state index is 5.97. The molecule has 1 fully saturated rings. The van der Waals surface area contributed by atoms with Crippen molar-refractivity contribution in [3.8, 4) is 0 Å². The van der Waals surface area contributed by atoms with Gasteiger partial charge >= 0.3 is 0 Å². The molecule has 25 heavy (non-hydrogen) atoms. The number of hydrogen-bond acceptors (Lipinski definition) is 7. The first kappa shape index (κ1) is 16.3. The van der Waals surface area contributed by atoms with Crippen LogP contribution in [0.1, 0.15) is 32.5 Å². The summed E-state index contributed by atoms with van der Waals surface area (Å²) in [5.41, 5.74) is 0. The first-order valence-corrected chi connectivity index (χ1v) is 9.03. The number of aromatic nitrogens is 5. The Morgan fingerprint density at radius 3 is 3.12 bits per heavy atom. The molecule has 1 N–H and O–H groups in total. The molecule has 0 saturated carbocycles. The molecule has 1 saturated heterocycles. The zero-order valence-electron chi connectivity index (χ0n) is 14.8. The molecule has 8 heteroatoms. The first-order valence-electron chi connectivity index (χ1n) is 9.03. The van der Waals surface area contributed by atoms with Crippen LogP contribution in [0.4, 0.5) is 11.8 Å². The Kier molecular flexibility index (Phi) is 4.52. The summed E-state index contributed by atoms with van der Waals surface area (Å²) in [4.78, 5) is 11.3. The molecule has 0 amide bonds. The van der Waals surface area contributed by atoms with Crippen molar-refractivity contribution < 1.29 is 4.74 Å². The van der Waals surface area contributed by atoms with Crippen molar-refractivity contribution in [3.63, 3.8) is 0 Å². The minimum atomic E-state index is 0.223. The second-order valence-corrected chi connectivity index (χ2v) is 7.08. The van der Waals surface area contributed by atoms with Gasteiger partial charge in [-0.3, -0.25) is 0 Å². The van der Waals surface area contributed by atoms with Gasteiger partial charge in [-0.1, -0.05) is 13.8 Å². The van der Waals surface area contributed by atoms with Gasteiger partial charge in [-0.15, -0.1) is 10.2 Å². The standard InChI is InChI=1S/C17H25N7O/c1-12(2)16-13(4-3-9-25-16)20-14-5-6-18-17(21-14)23-7-8-24-11-19-22-15(24)10-23/h5-6,11-13,16H,3-4,7-10H2,1-2H3,(H,18,20,21). The molecule has 0 bridgehead atoms. The average Bonchev–Trinajstić information content (AvgIpc) is 3.10. The molecular formula is C17H25N7O. The molecule has 2 aromatic heterocycles. The Balaban J connectivity index is 1.48. The highest BCUT2D eigenvalue weighted by molar-refractivity contribution is 5.42. The van der Waals surface area contributed by atoms with E-state index in [0.717, 1.165) is 50.1 Å². The zero-order valence-corrected chi connectivity index (χ0v) is 14.8. The topological polar surface area (TPSA) is 81.0 Å². The van der Waals surface area contributed by atoms with Crippen LogP contribution in [0.15, 0.2) is 18.6 Å². The van der Waals surface area contributed by atoms with Crippen LogP contribution >= 0.6 is 0 Å². The van der Waals surface area contributed by atoms with E-state index in [0.29, 0.717) is 18.5 Å². The fraction of sp³-hybridized carbons (Fsp3) is 0.647. The largest absolute Gasteiger partial charge is 0.376 e. The second-order valence-electron chi connectivity index (χ2n) is 7.08. The minimum Gasteiger partial charge on any atom is -0.376 e. The van der Waals surface area contributed by atoms with Gasteiger partial charge in [0, 0.05) is 25.9 Å². The van der Waals surface area contributed by atoms with Gasteiger partial charge in [0.1, 0.15) is 12.1 Å². The van der Waals surface area contributed by atoms with Crippen LogP contribution in [0.3, 0.4) is 0 Å². The maximum Gasteiger partial charge on any atom is 0.227 e. The van der Waals surface area contributed by atoms with Crippen molar-refractivity contribution in [1.29, 1.82) is 0 Å². The highest BCUT2D eigenvalue weighted by Crippen LogP contribution is 2.24. The summed E-state index contributed by atoms with van der Waals surface area (Å²) in [6, 6.07) is 2.23. The smallest absolute Gasteiger partial charge is 0.227 e. The van der Waals surface area contributed by atoms with Gasteiger partial charge in [-0.05, 0) is 24.8 Å². The van der Waals surface area contributed by atoms with Gasteiger partial charge in [0.25, 0.3) is 0 Å². The van der Waals surface area contributed by atoms with Crippen LogP contribution in [-0.2, 0) is 17.8 Å². The van der Waals surface area contributed by atoms with E-state index in [1.165, 1.54) is 0 Å². The van der Waals surface area contributed by atoms with E-state index in [-0.39, 0.29) is 6.10 Å². The molecule has 2 atom stereocenters. The van der Waals surface area contributed by atoms with Crippen LogP contribution in [0.5, 0.6) is 0 Å². The van der Waals surface area contributed by atoms with Crippen LogP contribution < -0.4 is 10.2 Å². The molecule has 4 heterocycles. The molecule has 0 aromatic carbocycles. The van der Waals surface area contributed by atoms with E-state index in [4.69, 9.17) is 9.72 Å². The van der Waals surface area contributed by atoms with E-state index in [1.807, 2.05) is 12.3 Å². The summed E-state index contributed by atoms with van der Waals surface area (Å²) < 4.78 is 8.04. The Morgan fingerprint density at radius 1 is 1.32 bits per heavy atom. The van der Waals surface area contributed by atoms with Gasteiger partial charge < -0.3 is 19.5 Å². The molecule has 0 spiro atoms. The number of nitrogens with zero attached hydrogens (tertiary/aromatic N) is 6. The Morgan fingerprint density at radius 2 is 2.24 bits per heavy atom. The molecule has 134 valence electrons. The van der Waals surface area contributed by atoms with Crippen molar-refractivity contribution in [2.45, 2.75) is 51.9 Å². The lowest BCUT2D eigenvalue weighted by Gasteiger charge is -2.35. The highest BCUT2D eigenvalue weighted by atomic mass is 16.5. The second kappa shape index (κ2) is 6.95. The molecule has 2 aliphatic rings. The van der Waals surface area contributed by atoms with Gasteiger partial charge in [0.2, 0.25) is 5.95 Å². The monoisotopic (exact) mass is 343 g/mol. The molecule has 2 aromatic rings. The normalized spacial score (nSPS) is 23.6. The quantitative estimate of drug-likeness (QED) is 0.905. The van der Waals surface area contributed by atoms with Gasteiger partial charge in [0.15, 0.2) is 5.82 Å². The third kappa shape index (κ3) is 3.44. The third-order valence-corrected chi connectivity index (χ3v) is 4.92. The zero-order chi connectivity index (χ0) is 17.2. The number of rotatable bonds is 4. The Hall–Kier alpha value is -2.22. The molecule has 4 rings (SSSR count). The minimum absolute atomic E-state index is 0.223. The molecular weight excluding hydrogens is 318 g/mol. The lowest BCUT2D eigenvalue weighted by atomic mass is 9.94. The number of anilines is 2. The van der Waals surface area contributed by atoms with E-state index in [1.54, 1.807) is 6.33 Å². The van der Waals surface area contributed by atoms with Crippen molar-refractivity contribution in [2.75, 3.05) is 23.4 Å². The number of nitrogens with one attached hydrogen (secondary N) is 1. The highest BCUT2D eigenvalue weighted by Gasteiger charge is 2.29. The molecule has 0 aliphatic carbocycles. The van der Waals surface area contributed by atoms with Crippen LogP contribution in [0.2, 0.25) is 0 Å². The van der Waals surface area contributed by atoms with Gasteiger partial charge in [-0.2, -0.15) is 4.98 Å². The van der Waals surface area contributed by atoms with Gasteiger partial charge in [-0.25, -0.2) is 4.98 Å². The summed E-state index contributed by atoms with van der Waals surface area (Å²) >= 11 is 0. The Labute approximate surface area is 147 Å². The summed E-state index contributed by atoms with van der Waals surface area (Å²) in [6.45, 7) is 7.67. The average molecular weight is 343 g/mol. The molecule has 8 nitrogen and oxygen atoms in total. The molecule has 2 unspecified atom stereocenters. The van der Waals surface area contributed by atoms with Crippen LogP contribution in [0, 0.1) is 5.92 Å². The van der Waals surface area contributed by atoms with Crippen LogP contribution in [0.25, 0.3) is 0 Å². The summed E-state index contributed by atoms with van der Waals surface area (Å²) in [5.74, 6) is 3.02. The van der Waals surface area contributed by atoms with Crippen molar-refractivity contribution in [2.24, 2.45) is 5.92 Å². The Bertz CT molecular complexity index is 717. The fourth-order valence-electron chi connectivity index (χ4n) is 3.62. The SMILES string of the molecule is CC(C)C1OCCCC1Nc1ccnc(N2CCn3cnnc3C2)n1. The van der Waals surface area contributed by atoms with Crippen molar-refractivity contribution in [3.05, 3.63) is 24.4 Å². The third-order valence-electron chi connectivity index (χ3n) is 4.92. The van der Waals surface area contributed by atoms with E-state index >= 15 is 0 Å². The van der Waals surface area contributed by atoms with Gasteiger partial charge in [0.05, 0.1) is 18.7 Å². The predicted octanol–water partition coefficient (Wildman–Crippen LogP) is 1.70. The predicted molar refractivity (Wildman–Crippen MR) is 94.3 cm³/mol. The molecule has 2 aliphatic heterocycles. The summed E-state index contributed by atoms with van der Waals surface area (Å²) in [5, 5.41) is 11.7. The summed E-state index contributed by atoms with van der Waals surface area (Å²) in [7, 11) is 0. The number of hydrogen-bond donors (Lipinski definition) is 1. The lowest BCUT2D eigenvalue weighted by molar-refractivity contribution is -0.0203. The van der Waals surface area contributed by atoms with E-state index < -0.39 is 0 Å². The number of fused-ring (bicyclic) bond motifs is 1.